The maximum atomic E-state index is 13.2. The Morgan fingerprint density at radius 1 is 1.06 bits per heavy atom. The van der Waals surface area contributed by atoms with Gasteiger partial charge in [-0.15, -0.1) is 0 Å². The summed E-state index contributed by atoms with van der Waals surface area (Å²) in [5.41, 5.74) is 2.24. The quantitative estimate of drug-likeness (QED) is 0.584. The van der Waals surface area contributed by atoms with E-state index in [2.05, 4.69) is 27.7 Å². The van der Waals surface area contributed by atoms with Gasteiger partial charge in [-0.05, 0) is 43.9 Å². The van der Waals surface area contributed by atoms with E-state index in [1.807, 2.05) is 25.1 Å². The lowest BCUT2D eigenvalue weighted by Crippen LogP contribution is -2.52. The van der Waals surface area contributed by atoms with Crippen LogP contribution in [-0.2, 0) is 26.0 Å². The van der Waals surface area contributed by atoms with E-state index in [9.17, 15) is 18.0 Å². The molecule has 1 saturated heterocycles. The van der Waals surface area contributed by atoms with Crippen LogP contribution in [0.5, 0.6) is 0 Å². The summed E-state index contributed by atoms with van der Waals surface area (Å²) in [5, 5.41) is 5.53. The van der Waals surface area contributed by atoms with Gasteiger partial charge >= 0.3 is 0 Å². The van der Waals surface area contributed by atoms with Crippen molar-refractivity contribution >= 4 is 21.8 Å². The van der Waals surface area contributed by atoms with Gasteiger partial charge in [-0.25, -0.2) is 8.42 Å². The second kappa shape index (κ2) is 11.0. The van der Waals surface area contributed by atoms with E-state index in [4.69, 9.17) is 0 Å². The van der Waals surface area contributed by atoms with Gasteiger partial charge in [-0.2, -0.15) is 0 Å². The predicted octanol–water partition coefficient (Wildman–Crippen LogP) is 2.17. The highest BCUT2D eigenvalue weighted by molar-refractivity contribution is 7.89. The minimum absolute atomic E-state index is 0.0137. The van der Waals surface area contributed by atoms with Crippen molar-refractivity contribution < 1.29 is 18.0 Å². The molecule has 2 aromatic rings. The standard InChI is InChI=1S/C26H32N4O4S/c1-20-7-9-23(10-8-20)35(33,34)30-18-14-27-26(32)24(30)19-25(31)28-22-12-16-29(17-13-22)15-11-21-5-3-2-4-6-21/h2-10,14,18,22,24H,11-13,15-17,19H2,1H3,(H,27,32)(H,28,31)/t24-/m1/s1. The van der Waals surface area contributed by atoms with E-state index in [-0.39, 0.29) is 23.3 Å². The van der Waals surface area contributed by atoms with Crippen LogP contribution in [0.3, 0.4) is 0 Å². The van der Waals surface area contributed by atoms with Crippen LogP contribution in [0.25, 0.3) is 0 Å². The number of benzene rings is 2. The molecule has 4 rings (SSSR count). The lowest BCUT2D eigenvalue weighted by molar-refractivity contribution is -0.130. The fraction of sp³-hybridized carbons (Fsp3) is 0.385. The molecule has 1 fully saturated rings. The van der Waals surface area contributed by atoms with Crippen LogP contribution in [0.15, 0.2) is 71.9 Å². The molecular formula is C26H32N4O4S. The molecule has 35 heavy (non-hydrogen) atoms. The van der Waals surface area contributed by atoms with Crippen LogP contribution in [-0.4, -0.2) is 61.2 Å². The lowest BCUT2D eigenvalue weighted by atomic mass is 10.0. The third-order valence-electron chi connectivity index (χ3n) is 6.54. The van der Waals surface area contributed by atoms with Crippen LogP contribution in [0.1, 0.15) is 30.4 Å². The maximum absolute atomic E-state index is 13.2. The van der Waals surface area contributed by atoms with Gasteiger partial charge < -0.3 is 15.5 Å². The van der Waals surface area contributed by atoms with E-state index >= 15 is 0 Å². The third-order valence-corrected chi connectivity index (χ3v) is 8.34. The second-order valence-corrected chi connectivity index (χ2v) is 11.0. The third kappa shape index (κ3) is 6.29. The monoisotopic (exact) mass is 496 g/mol. The SMILES string of the molecule is Cc1ccc(S(=O)(=O)N2C=CNC(=O)[C@H]2CC(=O)NC2CCN(CCc3ccccc3)CC2)cc1. The number of rotatable bonds is 8. The Morgan fingerprint density at radius 2 is 1.74 bits per heavy atom. The number of carbonyl (C=O) groups is 2. The van der Waals surface area contributed by atoms with E-state index < -0.39 is 22.0 Å². The van der Waals surface area contributed by atoms with Gasteiger partial charge in [0, 0.05) is 38.1 Å². The van der Waals surface area contributed by atoms with Crippen molar-refractivity contribution in [2.45, 2.75) is 49.6 Å². The molecule has 2 N–H and O–H groups in total. The molecule has 2 aliphatic heterocycles. The number of hydrogen-bond donors (Lipinski definition) is 2. The fourth-order valence-electron chi connectivity index (χ4n) is 4.47. The summed E-state index contributed by atoms with van der Waals surface area (Å²) in [6.45, 7) is 4.62. The predicted molar refractivity (Wildman–Crippen MR) is 134 cm³/mol. The Morgan fingerprint density at radius 3 is 2.43 bits per heavy atom. The molecule has 2 heterocycles. The number of sulfonamides is 1. The highest BCUT2D eigenvalue weighted by Crippen LogP contribution is 2.23. The molecule has 186 valence electrons. The molecule has 9 heteroatoms. The molecule has 8 nitrogen and oxygen atoms in total. The summed E-state index contributed by atoms with van der Waals surface area (Å²) in [4.78, 5) is 27.8. The Balaban J connectivity index is 1.31. The van der Waals surface area contributed by atoms with Gasteiger partial charge in [0.25, 0.3) is 10.0 Å². The van der Waals surface area contributed by atoms with Crippen molar-refractivity contribution in [1.29, 1.82) is 0 Å². The molecule has 0 aromatic heterocycles. The summed E-state index contributed by atoms with van der Waals surface area (Å²) in [6.07, 6.45) is 4.99. The van der Waals surface area contributed by atoms with Gasteiger partial charge in [0.1, 0.15) is 6.04 Å². The molecule has 0 unspecified atom stereocenters. The fourth-order valence-corrected chi connectivity index (χ4v) is 5.92. The summed E-state index contributed by atoms with van der Waals surface area (Å²) >= 11 is 0. The molecular weight excluding hydrogens is 464 g/mol. The molecule has 2 aliphatic rings. The van der Waals surface area contributed by atoms with Crippen molar-refractivity contribution in [3.8, 4) is 0 Å². The maximum Gasteiger partial charge on any atom is 0.264 e. The normalized spacial score (nSPS) is 19.4. The van der Waals surface area contributed by atoms with E-state index in [1.54, 1.807) is 12.1 Å². The highest BCUT2D eigenvalue weighted by atomic mass is 32.2. The van der Waals surface area contributed by atoms with Crippen molar-refractivity contribution in [2.24, 2.45) is 0 Å². The van der Waals surface area contributed by atoms with E-state index in [0.717, 1.165) is 48.8 Å². The molecule has 2 amide bonds. The highest BCUT2D eigenvalue weighted by Gasteiger charge is 2.37. The zero-order valence-corrected chi connectivity index (χ0v) is 20.7. The van der Waals surface area contributed by atoms with Crippen molar-refractivity contribution in [3.63, 3.8) is 0 Å². The Hall–Kier alpha value is -3.17. The summed E-state index contributed by atoms with van der Waals surface area (Å²) in [7, 11) is -3.98. The van der Waals surface area contributed by atoms with Gasteiger partial charge in [0.05, 0.1) is 11.3 Å². The average Bonchev–Trinajstić information content (AvgIpc) is 2.85. The van der Waals surface area contributed by atoms with Crippen LogP contribution in [0, 0.1) is 6.92 Å². The minimum atomic E-state index is -3.98. The van der Waals surface area contributed by atoms with E-state index in [1.165, 1.54) is 30.1 Å². The molecule has 0 spiro atoms. The van der Waals surface area contributed by atoms with Gasteiger partial charge in [0.15, 0.2) is 0 Å². The zero-order chi connectivity index (χ0) is 24.8. The van der Waals surface area contributed by atoms with Crippen LogP contribution in [0.2, 0.25) is 0 Å². The first-order valence-corrected chi connectivity index (χ1v) is 13.4. The van der Waals surface area contributed by atoms with Gasteiger partial charge in [-0.3, -0.25) is 13.9 Å². The van der Waals surface area contributed by atoms with E-state index in [0.29, 0.717) is 0 Å². The number of aryl methyl sites for hydroxylation is 1. The molecule has 0 aliphatic carbocycles. The number of hydrogen-bond acceptors (Lipinski definition) is 5. The number of nitrogens with one attached hydrogen (secondary N) is 2. The first-order valence-electron chi connectivity index (χ1n) is 12.0. The number of piperidine rings is 1. The summed E-state index contributed by atoms with van der Waals surface area (Å²) < 4.78 is 27.4. The number of carbonyl (C=O) groups excluding carboxylic acids is 2. The lowest BCUT2D eigenvalue weighted by Gasteiger charge is -2.34. The van der Waals surface area contributed by atoms with Gasteiger partial charge in [-0.1, -0.05) is 48.0 Å². The molecule has 0 radical (unpaired) electrons. The smallest absolute Gasteiger partial charge is 0.264 e. The largest absolute Gasteiger partial charge is 0.353 e. The van der Waals surface area contributed by atoms with Crippen molar-refractivity contribution in [2.75, 3.05) is 19.6 Å². The van der Waals surface area contributed by atoms with Crippen molar-refractivity contribution in [1.82, 2.24) is 19.8 Å². The Kier molecular flexibility index (Phi) is 7.87. The summed E-state index contributed by atoms with van der Waals surface area (Å²) in [6, 6.07) is 15.7. The topological polar surface area (TPSA) is 98.8 Å². The van der Waals surface area contributed by atoms with Crippen LogP contribution >= 0.6 is 0 Å². The number of amides is 2. The number of likely N-dealkylation sites (tertiary alicyclic amines) is 1. The second-order valence-electron chi connectivity index (χ2n) is 9.11. The zero-order valence-electron chi connectivity index (χ0n) is 19.9. The first-order chi connectivity index (χ1) is 16.8. The first kappa shape index (κ1) is 24.9. The van der Waals surface area contributed by atoms with Crippen molar-refractivity contribution in [3.05, 3.63) is 78.1 Å². The summed E-state index contributed by atoms with van der Waals surface area (Å²) in [5.74, 6) is -0.846. The molecule has 0 saturated carbocycles. The van der Waals surface area contributed by atoms with Gasteiger partial charge in [0.2, 0.25) is 11.8 Å². The average molecular weight is 497 g/mol. The van der Waals surface area contributed by atoms with Crippen LogP contribution in [0.4, 0.5) is 0 Å². The minimum Gasteiger partial charge on any atom is -0.353 e. The Bertz CT molecular complexity index is 1160. The molecule has 2 aromatic carbocycles. The van der Waals surface area contributed by atoms with Crippen LogP contribution < -0.4 is 10.6 Å². The Labute approximate surface area is 207 Å². The molecule has 1 atom stereocenters. The number of nitrogens with zero attached hydrogens (tertiary/aromatic N) is 2. The molecule has 0 bridgehead atoms.